The van der Waals surface area contributed by atoms with E-state index in [1.807, 2.05) is 19.4 Å². The molecular formula is C18H22N2. The molecule has 0 radical (unpaired) electrons. The molecule has 1 unspecified atom stereocenters. The Morgan fingerprint density at radius 3 is 2.45 bits per heavy atom. The topological polar surface area (TPSA) is 24.9 Å². The van der Waals surface area contributed by atoms with E-state index in [0.717, 1.165) is 5.92 Å². The molecule has 2 nitrogen and oxygen atoms in total. The Kier molecular flexibility index (Phi) is 3.83. The first-order valence-electron chi connectivity index (χ1n) is 7.47. The fourth-order valence-electron chi connectivity index (χ4n) is 3.01. The predicted octanol–water partition coefficient (Wildman–Crippen LogP) is 3.97. The molecule has 20 heavy (non-hydrogen) atoms. The Hall–Kier alpha value is -1.67. The lowest BCUT2D eigenvalue weighted by atomic mass is 9.79. The van der Waals surface area contributed by atoms with E-state index in [1.165, 1.54) is 41.5 Å². The van der Waals surface area contributed by atoms with Crippen molar-refractivity contribution in [3.05, 3.63) is 65.0 Å². The van der Waals surface area contributed by atoms with E-state index < -0.39 is 0 Å². The van der Waals surface area contributed by atoms with Crippen LogP contribution in [0, 0.1) is 6.92 Å². The number of hydrogen-bond donors (Lipinski definition) is 1. The van der Waals surface area contributed by atoms with Crippen molar-refractivity contribution in [1.29, 1.82) is 0 Å². The highest BCUT2D eigenvalue weighted by Crippen LogP contribution is 2.36. The summed E-state index contributed by atoms with van der Waals surface area (Å²) in [7, 11) is 2.02. The molecule has 0 saturated heterocycles. The normalized spacial score (nSPS) is 16.7. The van der Waals surface area contributed by atoms with Crippen LogP contribution in [0.5, 0.6) is 0 Å². The van der Waals surface area contributed by atoms with Crippen LogP contribution >= 0.6 is 0 Å². The molecule has 1 fully saturated rings. The summed E-state index contributed by atoms with van der Waals surface area (Å²) in [5.74, 6) is 0.805. The van der Waals surface area contributed by atoms with Gasteiger partial charge in [-0.1, -0.05) is 30.7 Å². The Bertz CT molecular complexity index is 570. The molecule has 1 saturated carbocycles. The molecule has 1 aliphatic rings. The lowest BCUT2D eigenvalue weighted by Crippen LogP contribution is -2.19. The number of nitrogens with zero attached hydrogens (tertiary/aromatic N) is 1. The van der Waals surface area contributed by atoms with Gasteiger partial charge in [0.15, 0.2) is 0 Å². The van der Waals surface area contributed by atoms with Crippen LogP contribution in [-0.4, -0.2) is 12.0 Å². The highest BCUT2D eigenvalue weighted by molar-refractivity contribution is 5.37. The van der Waals surface area contributed by atoms with Gasteiger partial charge in [-0.15, -0.1) is 0 Å². The van der Waals surface area contributed by atoms with Gasteiger partial charge in [-0.05, 0) is 61.1 Å². The number of aryl methyl sites for hydroxylation is 1. The maximum Gasteiger partial charge on any atom is 0.0578 e. The lowest BCUT2D eigenvalue weighted by Gasteiger charge is -2.26. The van der Waals surface area contributed by atoms with Crippen molar-refractivity contribution in [2.75, 3.05) is 7.05 Å². The molecule has 0 bridgehead atoms. The molecule has 0 aliphatic heterocycles. The molecular weight excluding hydrogens is 244 g/mol. The van der Waals surface area contributed by atoms with E-state index in [-0.39, 0.29) is 6.04 Å². The van der Waals surface area contributed by atoms with Crippen LogP contribution in [0.1, 0.15) is 53.5 Å². The Balaban J connectivity index is 1.87. The van der Waals surface area contributed by atoms with Crippen LogP contribution in [0.25, 0.3) is 0 Å². The second-order valence-electron chi connectivity index (χ2n) is 5.75. The second kappa shape index (κ2) is 5.76. The first-order chi connectivity index (χ1) is 9.79. The van der Waals surface area contributed by atoms with E-state index in [0.29, 0.717) is 0 Å². The molecule has 2 heteroatoms. The van der Waals surface area contributed by atoms with Crippen LogP contribution in [0.4, 0.5) is 0 Å². The van der Waals surface area contributed by atoms with Gasteiger partial charge in [-0.25, -0.2) is 0 Å². The maximum absolute atomic E-state index is 4.18. The van der Waals surface area contributed by atoms with E-state index in [2.05, 4.69) is 47.6 Å². The molecule has 104 valence electrons. The zero-order chi connectivity index (χ0) is 13.9. The molecule has 1 aromatic carbocycles. The molecule has 1 atom stereocenters. The van der Waals surface area contributed by atoms with E-state index in [4.69, 9.17) is 0 Å². The monoisotopic (exact) mass is 266 g/mol. The highest BCUT2D eigenvalue weighted by Gasteiger charge is 2.20. The van der Waals surface area contributed by atoms with Crippen molar-refractivity contribution < 1.29 is 0 Å². The second-order valence-corrected chi connectivity index (χ2v) is 5.75. The first-order valence-corrected chi connectivity index (χ1v) is 7.47. The summed E-state index contributed by atoms with van der Waals surface area (Å²) in [5, 5.41) is 3.42. The average molecular weight is 266 g/mol. The first kappa shape index (κ1) is 13.3. The SMILES string of the molecule is CNC(c1ccc(C2CCC2)cc1)c1ccncc1C. The minimum Gasteiger partial charge on any atom is -0.309 e. The van der Waals surface area contributed by atoms with Gasteiger partial charge in [0.2, 0.25) is 0 Å². The number of benzene rings is 1. The quantitative estimate of drug-likeness (QED) is 0.906. The van der Waals surface area contributed by atoms with Crippen molar-refractivity contribution in [3.8, 4) is 0 Å². The predicted molar refractivity (Wildman–Crippen MR) is 82.9 cm³/mol. The largest absolute Gasteiger partial charge is 0.309 e. The molecule has 0 spiro atoms. The Labute approximate surface area is 121 Å². The number of pyridine rings is 1. The number of nitrogens with one attached hydrogen (secondary N) is 1. The van der Waals surface area contributed by atoms with Crippen LogP contribution in [-0.2, 0) is 0 Å². The summed E-state index contributed by atoms with van der Waals surface area (Å²) < 4.78 is 0. The standard InChI is InChI=1S/C18H22N2/c1-13-12-20-11-10-17(13)18(19-2)16-8-6-15(7-9-16)14-4-3-5-14/h6-12,14,18-19H,3-5H2,1-2H3. The van der Waals surface area contributed by atoms with Gasteiger partial charge in [-0.3, -0.25) is 4.98 Å². The zero-order valence-electron chi connectivity index (χ0n) is 12.3. The van der Waals surface area contributed by atoms with Gasteiger partial charge in [0, 0.05) is 12.4 Å². The van der Waals surface area contributed by atoms with Gasteiger partial charge in [-0.2, -0.15) is 0 Å². The summed E-state index contributed by atoms with van der Waals surface area (Å²) in [4.78, 5) is 4.18. The number of aromatic nitrogens is 1. The van der Waals surface area contributed by atoms with E-state index in [9.17, 15) is 0 Å². The molecule has 1 aliphatic carbocycles. The summed E-state index contributed by atoms with van der Waals surface area (Å²) in [5.41, 5.74) is 5.36. The average Bonchev–Trinajstić information content (AvgIpc) is 2.41. The van der Waals surface area contributed by atoms with Gasteiger partial charge < -0.3 is 5.32 Å². The third-order valence-corrected chi connectivity index (χ3v) is 4.51. The molecule has 1 heterocycles. The van der Waals surface area contributed by atoms with Crippen molar-refractivity contribution in [2.24, 2.45) is 0 Å². The number of hydrogen-bond acceptors (Lipinski definition) is 2. The zero-order valence-corrected chi connectivity index (χ0v) is 12.3. The van der Waals surface area contributed by atoms with E-state index >= 15 is 0 Å². The molecule has 2 aromatic rings. The van der Waals surface area contributed by atoms with Crippen LogP contribution < -0.4 is 5.32 Å². The van der Waals surface area contributed by atoms with Crippen LogP contribution in [0.2, 0.25) is 0 Å². The molecule has 1 aromatic heterocycles. The van der Waals surface area contributed by atoms with Crippen molar-refractivity contribution >= 4 is 0 Å². The number of rotatable bonds is 4. The molecule has 3 rings (SSSR count). The summed E-state index contributed by atoms with van der Waals surface area (Å²) in [6.45, 7) is 2.12. The lowest BCUT2D eigenvalue weighted by molar-refractivity contribution is 0.419. The fourth-order valence-corrected chi connectivity index (χ4v) is 3.01. The Morgan fingerprint density at radius 2 is 1.90 bits per heavy atom. The molecule has 0 amide bonds. The minimum absolute atomic E-state index is 0.244. The van der Waals surface area contributed by atoms with Crippen molar-refractivity contribution in [1.82, 2.24) is 10.3 Å². The van der Waals surface area contributed by atoms with Crippen LogP contribution in [0.3, 0.4) is 0 Å². The summed E-state index contributed by atoms with van der Waals surface area (Å²) in [6.07, 6.45) is 7.91. The Morgan fingerprint density at radius 1 is 1.15 bits per heavy atom. The maximum atomic E-state index is 4.18. The van der Waals surface area contributed by atoms with E-state index in [1.54, 1.807) is 0 Å². The van der Waals surface area contributed by atoms with Crippen molar-refractivity contribution in [2.45, 2.75) is 38.1 Å². The van der Waals surface area contributed by atoms with Gasteiger partial charge >= 0.3 is 0 Å². The van der Waals surface area contributed by atoms with Gasteiger partial charge in [0.05, 0.1) is 6.04 Å². The van der Waals surface area contributed by atoms with Crippen LogP contribution in [0.15, 0.2) is 42.7 Å². The third-order valence-electron chi connectivity index (χ3n) is 4.51. The van der Waals surface area contributed by atoms with Gasteiger partial charge in [0.25, 0.3) is 0 Å². The van der Waals surface area contributed by atoms with Gasteiger partial charge in [0.1, 0.15) is 0 Å². The fraction of sp³-hybridized carbons (Fsp3) is 0.389. The highest BCUT2D eigenvalue weighted by atomic mass is 14.9. The smallest absolute Gasteiger partial charge is 0.0578 e. The van der Waals surface area contributed by atoms with Crippen molar-refractivity contribution in [3.63, 3.8) is 0 Å². The molecule has 1 N–H and O–H groups in total. The summed E-state index contributed by atoms with van der Waals surface area (Å²) in [6, 6.07) is 11.5. The minimum atomic E-state index is 0.244. The summed E-state index contributed by atoms with van der Waals surface area (Å²) >= 11 is 0. The third kappa shape index (κ3) is 2.48.